The van der Waals surface area contributed by atoms with Gasteiger partial charge < -0.3 is 9.80 Å². The fraction of sp³-hybridized carbons (Fsp3) is 0.378. The minimum atomic E-state index is -2.10. The Bertz CT molecular complexity index is 1900. The van der Waals surface area contributed by atoms with E-state index < -0.39 is 31.4 Å². The van der Waals surface area contributed by atoms with Gasteiger partial charge in [0.1, 0.15) is 0 Å². The molecule has 1 saturated heterocycles. The van der Waals surface area contributed by atoms with Crippen LogP contribution in [0.25, 0.3) is 0 Å². The Kier molecular flexibility index (Phi) is 14.3. The number of halogens is 2. The van der Waals surface area contributed by atoms with Gasteiger partial charge in [-0.05, 0) is 45.9 Å². The number of rotatable bonds is 9. The van der Waals surface area contributed by atoms with Crippen molar-refractivity contribution < 1.29 is 32.6 Å². The number of hydrogen-bond donors (Lipinski definition) is 0. The molecule has 0 bridgehead atoms. The van der Waals surface area contributed by atoms with Gasteiger partial charge >= 0.3 is 164 Å². The van der Waals surface area contributed by atoms with Crippen LogP contribution in [0.1, 0.15) is 124 Å². The normalized spacial score (nSPS) is 15.6. The van der Waals surface area contributed by atoms with Crippen LogP contribution >= 0.6 is 19.4 Å². The van der Waals surface area contributed by atoms with Gasteiger partial charge in [-0.1, -0.05) is 91.8 Å². The number of nitrogens with zero attached hydrogens (tertiary/aromatic N) is 3. The van der Waals surface area contributed by atoms with Crippen LogP contribution in [0.2, 0.25) is 0 Å². The summed E-state index contributed by atoms with van der Waals surface area (Å²) in [6.07, 6.45) is -0.800. The summed E-state index contributed by atoms with van der Waals surface area (Å²) < 4.78 is 12.6. The first-order valence-electron chi connectivity index (χ1n) is 18.9. The number of methoxy groups -OCH3 is 1. The minimum absolute atomic E-state index is 0.371. The maximum absolute atomic E-state index is 13.0. The second-order valence-corrected chi connectivity index (χ2v) is 20.9. The number of ether oxygens (including phenoxy) is 2. The molecule has 55 heavy (non-hydrogen) atoms. The third kappa shape index (κ3) is 9.47. The summed E-state index contributed by atoms with van der Waals surface area (Å²) in [7, 11) is 13.5. The molecule has 0 spiro atoms. The Balaban J connectivity index is 0.000000212. The zero-order valence-electron chi connectivity index (χ0n) is 33.5. The van der Waals surface area contributed by atoms with E-state index >= 15 is 0 Å². The van der Waals surface area contributed by atoms with Crippen LogP contribution in [0.3, 0.4) is 0 Å². The Morgan fingerprint density at radius 3 is 1.64 bits per heavy atom. The van der Waals surface area contributed by atoms with Gasteiger partial charge in [0.2, 0.25) is 0 Å². The first-order valence-corrected chi connectivity index (χ1v) is 24.4. The molecule has 1 unspecified atom stereocenters. The number of fused-ring (bicyclic) bond motifs is 1. The number of carbonyl (C=O) groups excluding carboxylic acids is 2. The van der Waals surface area contributed by atoms with Gasteiger partial charge in [-0.25, -0.2) is 0 Å². The molecule has 7 nitrogen and oxygen atoms in total. The molecule has 6 rings (SSSR count). The summed E-state index contributed by atoms with van der Waals surface area (Å²) in [5.41, 5.74) is 10.1. The Morgan fingerprint density at radius 2 is 1.22 bits per heavy atom. The summed E-state index contributed by atoms with van der Waals surface area (Å²) in [6, 6.07) is 25.5. The van der Waals surface area contributed by atoms with Crippen LogP contribution in [0.4, 0.5) is 17.1 Å². The number of para-hydroxylation sites is 3. The van der Waals surface area contributed by atoms with Gasteiger partial charge in [-0.3, -0.25) is 0 Å². The average Bonchev–Trinajstić information content (AvgIpc) is 3.64. The third-order valence-corrected chi connectivity index (χ3v) is 11.8. The molecule has 10 heteroatoms. The number of anilines is 3. The van der Waals surface area contributed by atoms with Gasteiger partial charge in [-0.2, -0.15) is 6.67 Å². The van der Waals surface area contributed by atoms with E-state index in [1.54, 1.807) is 61.1 Å². The molecule has 2 aliphatic rings. The van der Waals surface area contributed by atoms with E-state index in [2.05, 4.69) is 108 Å². The van der Waals surface area contributed by atoms with Gasteiger partial charge in [0, 0.05) is 24.5 Å². The zero-order valence-corrected chi connectivity index (χ0v) is 36.8. The molecule has 1 atom stereocenters. The molecule has 4 aromatic carbocycles. The first kappa shape index (κ1) is 42.4. The number of hydrogen-bond acceptors (Lipinski definition) is 6. The molecule has 2 heterocycles. The second kappa shape index (κ2) is 18.5. The standard InChI is InChI=1S/C27H39N2.C18H15NO4.2ClH.Ru/c1-18(2)22-11-9-12-23(19(3)4)26(22)28-15-16-29(17-28)27-24(20(5)6)13-10-14-25(27)21(7)8;1-11-5-4-6-15-16(11)23-12(2)17(20)19(15)18(21)13-7-9-14(22-3)10-8-13;;;/h9-14,17-21H,15-16H2,1-8H3;1,4-10,12H,2-3H3;2*1H;/q-1;;;;+2/p-2. The van der Waals surface area contributed by atoms with E-state index in [1.807, 2.05) is 0 Å². The molecular formula is C45H54Cl2N3O4Ru-. The molecule has 2 amide bonds. The summed E-state index contributed by atoms with van der Waals surface area (Å²) in [5.74, 6) is 2.25. The van der Waals surface area contributed by atoms with Crippen molar-refractivity contribution in [3.05, 3.63) is 119 Å². The van der Waals surface area contributed by atoms with E-state index in [4.69, 9.17) is 28.9 Å². The molecular weight excluding hydrogens is 818 g/mol. The van der Waals surface area contributed by atoms with Gasteiger partial charge in [0.15, 0.2) is 0 Å². The summed E-state index contributed by atoms with van der Waals surface area (Å²) >= 11 is -2.10. The molecule has 1 fully saturated rings. The van der Waals surface area contributed by atoms with Crippen LogP contribution in [0.15, 0.2) is 78.9 Å². The zero-order chi connectivity index (χ0) is 40.1. The van der Waals surface area contributed by atoms with E-state index in [0.29, 0.717) is 52.0 Å². The fourth-order valence-electron chi connectivity index (χ4n) is 7.14. The maximum atomic E-state index is 13.0. The summed E-state index contributed by atoms with van der Waals surface area (Å²) in [6.45, 7) is 24.5. The predicted molar refractivity (Wildman–Crippen MR) is 226 cm³/mol. The number of benzene rings is 4. The average molecular weight is 873 g/mol. The van der Waals surface area contributed by atoms with Crippen molar-refractivity contribution in [3.63, 3.8) is 0 Å². The van der Waals surface area contributed by atoms with Crippen molar-refractivity contribution in [1.82, 2.24) is 0 Å². The molecule has 296 valence electrons. The quantitative estimate of drug-likeness (QED) is 0.0948. The fourth-order valence-corrected chi connectivity index (χ4v) is 8.92. The van der Waals surface area contributed by atoms with E-state index in [0.717, 1.165) is 18.0 Å². The molecule has 4 aromatic rings. The van der Waals surface area contributed by atoms with Gasteiger partial charge in [-0.15, -0.1) is 0 Å². The predicted octanol–water partition coefficient (Wildman–Crippen LogP) is 11.4. The van der Waals surface area contributed by atoms with Crippen molar-refractivity contribution >= 4 is 52.9 Å². The summed E-state index contributed by atoms with van der Waals surface area (Å²) in [5, 5.41) is 0. The molecule has 0 saturated carbocycles. The topological polar surface area (TPSA) is 62.3 Å². The first-order chi connectivity index (χ1) is 26.1. The van der Waals surface area contributed by atoms with Crippen LogP contribution < -0.4 is 24.2 Å². The van der Waals surface area contributed by atoms with Crippen LogP contribution in [-0.2, 0) is 18.3 Å². The van der Waals surface area contributed by atoms with E-state index in [1.165, 1.54) is 33.6 Å². The molecule has 0 aliphatic carbocycles. The SMILES string of the molecule is CC(C)c1cccc(C(C)C)c1N1[CH-]N(c2c(C(C)C)cccc2C(C)C)CC1.COc1ccc(C(=O)N2C(=O)C(C)Oc3c([CH]=[Ru]([Cl])[Cl])cccc32)cc1. The van der Waals surface area contributed by atoms with Crippen molar-refractivity contribution in [3.8, 4) is 11.5 Å². The van der Waals surface area contributed by atoms with Crippen molar-refractivity contribution in [1.29, 1.82) is 0 Å². The molecule has 2 aliphatic heterocycles. The van der Waals surface area contributed by atoms with Crippen LogP contribution in [-0.4, -0.2) is 42.7 Å². The number of amides is 2. The third-order valence-electron chi connectivity index (χ3n) is 9.98. The molecule has 0 N–H and O–H groups in total. The van der Waals surface area contributed by atoms with Crippen molar-refractivity contribution in [2.24, 2.45) is 0 Å². The van der Waals surface area contributed by atoms with E-state index in [-0.39, 0.29) is 0 Å². The number of imide groups is 1. The van der Waals surface area contributed by atoms with E-state index in [9.17, 15) is 9.59 Å². The van der Waals surface area contributed by atoms with Crippen molar-refractivity contribution in [2.45, 2.75) is 92.1 Å². The monoisotopic (exact) mass is 872 g/mol. The molecule has 0 radical (unpaired) electrons. The Hall–Kier alpha value is -3.71. The van der Waals surface area contributed by atoms with Crippen molar-refractivity contribution in [2.75, 3.05) is 34.9 Å². The Morgan fingerprint density at radius 1 is 0.764 bits per heavy atom. The Labute approximate surface area is 341 Å². The second-order valence-electron chi connectivity index (χ2n) is 15.2. The number of carbonyl (C=O) groups is 2. The summed E-state index contributed by atoms with van der Waals surface area (Å²) in [4.78, 5) is 31.8. The molecule has 0 aromatic heterocycles. The van der Waals surface area contributed by atoms with Gasteiger partial charge in [0.25, 0.3) is 0 Å². The van der Waals surface area contributed by atoms with Crippen LogP contribution in [0, 0.1) is 6.67 Å². The van der Waals surface area contributed by atoms with Crippen LogP contribution in [0.5, 0.6) is 11.5 Å². The van der Waals surface area contributed by atoms with Gasteiger partial charge in [0.05, 0.1) is 0 Å².